The first-order valence-electron chi connectivity index (χ1n) is 6.99. The highest BCUT2D eigenvalue weighted by Crippen LogP contribution is 2.26. The van der Waals surface area contributed by atoms with Crippen LogP contribution in [-0.4, -0.2) is 23.9 Å². The molecule has 3 unspecified atom stereocenters. The summed E-state index contributed by atoms with van der Waals surface area (Å²) in [4.78, 5) is 0. The molecule has 1 saturated heterocycles. The summed E-state index contributed by atoms with van der Waals surface area (Å²) < 4.78 is 5.84. The first-order valence-corrected chi connectivity index (χ1v) is 6.99. The summed E-state index contributed by atoms with van der Waals surface area (Å²) in [5, 5.41) is 9.53. The highest BCUT2D eigenvalue weighted by molar-refractivity contribution is 5.22. The Balaban J connectivity index is 1.89. The molecule has 18 heavy (non-hydrogen) atoms. The van der Waals surface area contributed by atoms with Crippen molar-refractivity contribution in [1.82, 2.24) is 0 Å². The molecule has 0 saturated carbocycles. The molecule has 0 aliphatic carbocycles. The number of benzene rings is 1. The molecule has 0 spiro atoms. The van der Waals surface area contributed by atoms with E-state index in [1.807, 2.05) is 0 Å². The van der Waals surface area contributed by atoms with Crippen LogP contribution in [0.2, 0.25) is 0 Å². The molecular formula is C16H24O2. The molecule has 0 bridgehead atoms. The van der Waals surface area contributed by atoms with E-state index in [4.69, 9.17) is 4.74 Å². The maximum Gasteiger partial charge on any atom is 0.0583 e. The summed E-state index contributed by atoms with van der Waals surface area (Å²) >= 11 is 0. The topological polar surface area (TPSA) is 29.5 Å². The number of aryl methyl sites for hydroxylation is 1. The van der Waals surface area contributed by atoms with Gasteiger partial charge in [-0.15, -0.1) is 0 Å². The zero-order valence-corrected chi connectivity index (χ0v) is 11.4. The standard InChI is InChI=1S/C16H24O2/c1-12-4-3-5-14(8-12)9-15(11-17)10-16-7-6-13(2)18-16/h3-5,8,13,15-17H,6-7,9-11H2,1-2H3. The average molecular weight is 248 g/mol. The molecule has 1 aliphatic heterocycles. The first kappa shape index (κ1) is 13.6. The monoisotopic (exact) mass is 248 g/mol. The highest BCUT2D eigenvalue weighted by Gasteiger charge is 2.24. The molecule has 1 N–H and O–H groups in total. The normalized spacial score (nSPS) is 25.3. The minimum absolute atomic E-state index is 0.252. The fourth-order valence-electron chi connectivity index (χ4n) is 2.83. The van der Waals surface area contributed by atoms with Crippen LogP contribution in [0.4, 0.5) is 0 Å². The van der Waals surface area contributed by atoms with Crippen LogP contribution in [0.15, 0.2) is 24.3 Å². The Hall–Kier alpha value is -0.860. The lowest BCUT2D eigenvalue weighted by molar-refractivity contribution is 0.0338. The van der Waals surface area contributed by atoms with E-state index in [0.717, 1.165) is 25.7 Å². The Morgan fingerprint density at radius 1 is 1.39 bits per heavy atom. The molecule has 3 atom stereocenters. The van der Waals surface area contributed by atoms with Gasteiger partial charge in [-0.25, -0.2) is 0 Å². The third kappa shape index (κ3) is 3.82. The van der Waals surface area contributed by atoms with E-state index in [0.29, 0.717) is 18.1 Å². The lowest BCUT2D eigenvalue weighted by Crippen LogP contribution is -2.19. The van der Waals surface area contributed by atoms with E-state index in [1.54, 1.807) is 0 Å². The molecule has 1 aliphatic rings. The van der Waals surface area contributed by atoms with Gasteiger partial charge in [0.1, 0.15) is 0 Å². The van der Waals surface area contributed by atoms with Gasteiger partial charge in [-0.2, -0.15) is 0 Å². The molecule has 0 radical (unpaired) electrons. The van der Waals surface area contributed by atoms with E-state index < -0.39 is 0 Å². The van der Waals surface area contributed by atoms with Crippen LogP contribution in [0, 0.1) is 12.8 Å². The van der Waals surface area contributed by atoms with Crippen molar-refractivity contribution in [2.45, 2.75) is 51.7 Å². The lowest BCUT2D eigenvalue weighted by atomic mass is 9.93. The smallest absolute Gasteiger partial charge is 0.0583 e. The molecule has 0 amide bonds. The number of aliphatic hydroxyl groups excluding tert-OH is 1. The van der Waals surface area contributed by atoms with Gasteiger partial charge in [0.2, 0.25) is 0 Å². The van der Waals surface area contributed by atoms with Crippen LogP contribution >= 0.6 is 0 Å². The summed E-state index contributed by atoms with van der Waals surface area (Å²) in [6, 6.07) is 8.56. The third-order valence-electron chi connectivity index (χ3n) is 3.78. The Bertz CT molecular complexity index is 375. The van der Waals surface area contributed by atoms with Crippen LogP contribution in [0.3, 0.4) is 0 Å². The van der Waals surface area contributed by atoms with Crippen molar-refractivity contribution >= 4 is 0 Å². The number of aliphatic hydroxyl groups is 1. The number of hydrogen-bond donors (Lipinski definition) is 1. The maximum absolute atomic E-state index is 9.53. The van der Waals surface area contributed by atoms with Crippen molar-refractivity contribution in [2.75, 3.05) is 6.61 Å². The van der Waals surface area contributed by atoms with Gasteiger partial charge in [-0.1, -0.05) is 29.8 Å². The molecule has 2 nitrogen and oxygen atoms in total. The fourth-order valence-corrected chi connectivity index (χ4v) is 2.83. The van der Waals surface area contributed by atoms with Crippen LogP contribution in [-0.2, 0) is 11.2 Å². The van der Waals surface area contributed by atoms with Gasteiger partial charge in [0, 0.05) is 6.61 Å². The van der Waals surface area contributed by atoms with Crippen LogP contribution in [0.1, 0.15) is 37.3 Å². The minimum atomic E-state index is 0.252. The molecule has 1 fully saturated rings. The third-order valence-corrected chi connectivity index (χ3v) is 3.78. The molecule has 2 heteroatoms. The zero-order valence-electron chi connectivity index (χ0n) is 11.4. The molecule has 2 rings (SSSR count). The minimum Gasteiger partial charge on any atom is -0.396 e. The van der Waals surface area contributed by atoms with Gasteiger partial charge in [0.15, 0.2) is 0 Å². The maximum atomic E-state index is 9.53. The summed E-state index contributed by atoms with van der Waals surface area (Å²) in [6.45, 7) is 4.50. The van der Waals surface area contributed by atoms with Crippen molar-refractivity contribution in [3.8, 4) is 0 Å². The van der Waals surface area contributed by atoms with Crippen molar-refractivity contribution in [2.24, 2.45) is 5.92 Å². The first-order chi connectivity index (χ1) is 8.67. The van der Waals surface area contributed by atoms with E-state index in [2.05, 4.69) is 38.1 Å². The van der Waals surface area contributed by atoms with Gasteiger partial charge in [-0.3, -0.25) is 0 Å². The molecule has 1 heterocycles. The van der Waals surface area contributed by atoms with E-state index in [9.17, 15) is 5.11 Å². The highest BCUT2D eigenvalue weighted by atomic mass is 16.5. The Morgan fingerprint density at radius 3 is 2.83 bits per heavy atom. The number of hydrogen-bond acceptors (Lipinski definition) is 2. The lowest BCUT2D eigenvalue weighted by Gasteiger charge is -2.19. The SMILES string of the molecule is Cc1cccc(CC(CO)CC2CCC(C)O2)c1. The van der Waals surface area contributed by atoms with Gasteiger partial charge < -0.3 is 9.84 Å². The van der Waals surface area contributed by atoms with E-state index in [1.165, 1.54) is 11.1 Å². The van der Waals surface area contributed by atoms with Crippen LogP contribution < -0.4 is 0 Å². The van der Waals surface area contributed by atoms with E-state index >= 15 is 0 Å². The average Bonchev–Trinajstić information content (AvgIpc) is 2.74. The predicted octanol–water partition coefficient (Wildman–Crippen LogP) is 3.10. The summed E-state index contributed by atoms with van der Waals surface area (Å²) in [7, 11) is 0. The van der Waals surface area contributed by atoms with Crippen molar-refractivity contribution in [3.05, 3.63) is 35.4 Å². The summed E-state index contributed by atoms with van der Waals surface area (Å²) in [6.07, 6.45) is 4.98. The Kier molecular flexibility index (Phi) is 4.79. The number of ether oxygens (including phenoxy) is 1. The second-order valence-electron chi connectivity index (χ2n) is 5.62. The summed E-state index contributed by atoms with van der Waals surface area (Å²) in [5.74, 6) is 0.321. The largest absolute Gasteiger partial charge is 0.396 e. The van der Waals surface area contributed by atoms with Gasteiger partial charge in [0.25, 0.3) is 0 Å². The predicted molar refractivity (Wildman–Crippen MR) is 73.6 cm³/mol. The molecule has 0 aromatic heterocycles. The van der Waals surface area contributed by atoms with Crippen molar-refractivity contribution in [1.29, 1.82) is 0 Å². The Morgan fingerprint density at radius 2 is 2.22 bits per heavy atom. The van der Waals surface area contributed by atoms with Gasteiger partial charge in [-0.05, 0) is 51.0 Å². The second kappa shape index (κ2) is 6.35. The quantitative estimate of drug-likeness (QED) is 0.867. The van der Waals surface area contributed by atoms with Crippen LogP contribution in [0.25, 0.3) is 0 Å². The Labute approximate surface area is 110 Å². The van der Waals surface area contributed by atoms with Gasteiger partial charge in [0.05, 0.1) is 12.2 Å². The molecule has 100 valence electrons. The second-order valence-corrected chi connectivity index (χ2v) is 5.62. The van der Waals surface area contributed by atoms with Crippen molar-refractivity contribution < 1.29 is 9.84 Å². The molecule has 1 aromatic rings. The van der Waals surface area contributed by atoms with Crippen molar-refractivity contribution in [3.63, 3.8) is 0 Å². The fraction of sp³-hybridized carbons (Fsp3) is 0.625. The van der Waals surface area contributed by atoms with E-state index in [-0.39, 0.29) is 6.61 Å². The number of rotatable bonds is 5. The van der Waals surface area contributed by atoms with Gasteiger partial charge >= 0.3 is 0 Å². The van der Waals surface area contributed by atoms with Crippen LogP contribution in [0.5, 0.6) is 0 Å². The summed E-state index contributed by atoms with van der Waals surface area (Å²) in [5.41, 5.74) is 2.61. The molecular weight excluding hydrogens is 224 g/mol. The zero-order chi connectivity index (χ0) is 13.0. The molecule has 1 aromatic carbocycles.